The Kier molecular flexibility index (Phi) is 4.88. The van der Waals surface area contributed by atoms with Gasteiger partial charge in [-0.1, -0.05) is 0 Å². The lowest BCUT2D eigenvalue weighted by atomic mass is 9.95. The van der Waals surface area contributed by atoms with Crippen LogP contribution in [0.5, 0.6) is 0 Å². The fraction of sp³-hybridized carbons (Fsp3) is 0.571. The molecule has 3 N–H and O–H groups in total. The molecule has 12 heteroatoms. The third kappa shape index (κ3) is 4.43. The zero-order valence-electron chi connectivity index (χ0n) is 14.2. The Bertz CT molecular complexity index is 725. The molecule has 0 saturated carbocycles. The predicted molar refractivity (Wildman–Crippen MR) is 80.9 cm³/mol. The molecule has 1 aliphatic rings. The number of nitrogens with one attached hydrogen (secondary N) is 3. The van der Waals surface area contributed by atoms with Crippen molar-refractivity contribution in [3.05, 3.63) is 18.0 Å². The average Bonchev–Trinajstić information content (AvgIpc) is 2.98. The first-order valence-corrected chi connectivity index (χ1v) is 7.52. The molecule has 26 heavy (non-hydrogen) atoms. The highest BCUT2D eigenvalue weighted by molar-refractivity contribution is 6.07. The summed E-state index contributed by atoms with van der Waals surface area (Å²) in [6, 6.07) is 0.258. The van der Waals surface area contributed by atoms with Crippen LogP contribution in [0.3, 0.4) is 0 Å². The Morgan fingerprint density at radius 3 is 2.50 bits per heavy atom. The van der Waals surface area contributed by atoms with E-state index in [-0.39, 0.29) is 5.69 Å². The van der Waals surface area contributed by atoms with E-state index in [4.69, 9.17) is 4.74 Å². The summed E-state index contributed by atoms with van der Waals surface area (Å²) in [6.07, 6.45) is -4.43. The number of imide groups is 1. The zero-order valence-corrected chi connectivity index (χ0v) is 14.2. The maximum atomic E-state index is 12.7. The van der Waals surface area contributed by atoms with E-state index in [1.807, 2.05) is 5.32 Å². The molecule has 1 aliphatic heterocycles. The fourth-order valence-corrected chi connectivity index (χ4v) is 2.40. The maximum absolute atomic E-state index is 12.7. The monoisotopic (exact) mass is 377 g/mol. The van der Waals surface area contributed by atoms with Crippen LogP contribution in [-0.4, -0.2) is 46.1 Å². The Hall–Kier alpha value is -2.79. The lowest BCUT2D eigenvalue weighted by Gasteiger charge is -2.28. The summed E-state index contributed by atoms with van der Waals surface area (Å²) in [4.78, 5) is 35.8. The molecule has 1 saturated heterocycles. The molecule has 1 aromatic rings. The molecule has 9 nitrogen and oxygen atoms in total. The minimum Gasteiger partial charge on any atom is -0.444 e. The second-order valence-electron chi connectivity index (χ2n) is 6.66. The number of rotatable bonds is 4. The van der Waals surface area contributed by atoms with Gasteiger partial charge >= 0.3 is 18.3 Å². The third-order valence-electron chi connectivity index (χ3n) is 3.32. The number of halogens is 3. The van der Waals surface area contributed by atoms with Crippen LogP contribution in [0.1, 0.15) is 26.5 Å². The molecule has 1 aromatic heterocycles. The van der Waals surface area contributed by atoms with Crippen LogP contribution >= 0.6 is 0 Å². The van der Waals surface area contributed by atoms with E-state index in [9.17, 15) is 27.6 Å². The highest BCUT2D eigenvalue weighted by Crippen LogP contribution is 2.27. The van der Waals surface area contributed by atoms with E-state index in [0.29, 0.717) is 4.68 Å². The third-order valence-corrected chi connectivity index (χ3v) is 3.32. The van der Waals surface area contributed by atoms with E-state index in [0.717, 1.165) is 12.3 Å². The summed E-state index contributed by atoms with van der Waals surface area (Å²) < 4.78 is 43.8. The molecule has 4 amide bonds. The van der Waals surface area contributed by atoms with Crippen molar-refractivity contribution >= 4 is 18.0 Å². The van der Waals surface area contributed by atoms with Crippen molar-refractivity contribution in [2.75, 3.05) is 6.54 Å². The molecule has 2 heterocycles. The van der Waals surface area contributed by atoms with Crippen LogP contribution in [0.25, 0.3) is 0 Å². The first-order chi connectivity index (χ1) is 11.8. The largest absolute Gasteiger partial charge is 0.444 e. The van der Waals surface area contributed by atoms with E-state index in [2.05, 4.69) is 15.7 Å². The Morgan fingerprint density at radius 1 is 1.35 bits per heavy atom. The van der Waals surface area contributed by atoms with Gasteiger partial charge < -0.3 is 15.4 Å². The van der Waals surface area contributed by atoms with Crippen LogP contribution in [0.4, 0.5) is 22.8 Å². The molecule has 1 atom stereocenters. The van der Waals surface area contributed by atoms with E-state index in [1.165, 1.54) is 0 Å². The van der Waals surface area contributed by atoms with Gasteiger partial charge in [0.2, 0.25) is 0 Å². The van der Waals surface area contributed by atoms with Gasteiger partial charge in [-0.05, 0) is 26.8 Å². The first-order valence-electron chi connectivity index (χ1n) is 7.52. The number of alkyl halides is 3. The molecule has 1 fully saturated rings. The number of aromatic nitrogens is 2. The summed E-state index contributed by atoms with van der Waals surface area (Å²) in [5.74, 6) is -0.914. The summed E-state index contributed by atoms with van der Waals surface area (Å²) in [5, 5.41) is 10.1. The van der Waals surface area contributed by atoms with Gasteiger partial charge in [0.05, 0.1) is 12.2 Å². The molecule has 0 spiro atoms. The summed E-state index contributed by atoms with van der Waals surface area (Å²) >= 11 is 0. The van der Waals surface area contributed by atoms with Crippen LogP contribution in [0.2, 0.25) is 0 Å². The number of nitrogens with zero attached hydrogens (tertiary/aromatic N) is 2. The normalized spacial score (nSPS) is 20.5. The van der Waals surface area contributed by atoms with Crippen molar-refractivity contribution in [3.63, 3.8) is 0 Å². The number of ether oxygens (including phenoxy) is 1. The van der Waals surface area contributed by atoms with Gasteiger partial charge in [0.1, 0.15) is 12.1 Å². The van der Waals surface area contributed by atoms with Crippen molar-refractivity contribution in [1.29, 1.82) is 0 Å². The van der Waals surface area contributed by atoms with Gasteiger partial charge in [-0.3, -0.25) is 14.8 Å². The molecule has 0 unspecified atom stereocenters. The van der Waals surface area contributed by atoms with Crippen molar-refractivity contribution < 1.29 is 32.3 Å². The molecule has 0 aliphatic carbocycles. The van der Waals surface area contributed by atoms with Crippen molar-refractivity contribution in [2.45, 2.75) is 44.6 Å². The van der Waals surface area contributed by atoms with Crippen molar-refractivity contribution in [3.8, 4) is 0 Å². The van der Waals surface area contributed by atoms with Crippen LogP contribution < -0.4 is 16.0 Å². The molecule has 0 radical (unpaired) electrons. The molecule has 0 aromatic carbocycles. The van der Waals surface area contributed by atoms with Gasteiger partial charge in [-0.2, -0.15) is 18.3 Å². The molecule has 0 bridgehead atoms. The summed E-state index contributed by atoms with van der Waals surface area (Å²) in [7, 11) is 0. The smallest absolute Gasteiger partial charge is 0.408 e. The molecule has 144 valence electrons. The topological polar surface area (TPSA) is 114 Å². The first kappa shape index (κ1) is 19.5. The quantitative estimate of drug-likeness (QED) is 0.678. The van der Waals surface area contributed by atoms with Crippen molar-refractivity contribution in [2.24, 2.45) is 0 Å². The number of carbonyl (C=O) groups excluding carboxylic acids is 3. The fourth-order valence-electron chi connectivity index (χ4n) is 2.40. The van der Waals surface area contributed by atoms with E-state index >= 15 is 0 Å². The zero-order chi connectivity index (χ0) is 19.8. The van der Waals surface area contributed by atoms with E-state index < -0.39 is 48.4 Å². The highest BCUT2D eigenvalue weighted by Gasteiger charge is 2.51. The number of urea groups is 1. The van der Waals surface area contributed by atoms with Gasteiger partial charge in [0, 0.05) is 6.20 Å². The van der Waals surface area contributed by atoms with Gasteiger partial charge in [0.25, 0.3) is 5.91 Å². The van der Waals surface area contributed by atoms with Gasteiger partial charge in [-0.25, -0.2) is 9.59 Å². The Balaban J connectivity index is 2.31. The van der Waals surface area contributed by atoms with E-state index in [1.54, 1.807) is 20.8 Å². The molecular formula is C14H18F3N5O4. The van der Waals surface area contributed by atoms with Gasteiger partial charge in [0.15, 0.2) is 5.54 Å². The van der Waals surface area contributed by atoms with Crippen molar-refractivity contribution in [1.82, 2.24) is 25.7 Å². The highest BCUT2D eigenvalue weighted by atomic mass is 19.4. The summed E-state index contributed by atoms with van der Waals surface area (Å²) in [6.45, 7) is 2.86. The minimum absolute atomic E-state index is 0.228. The second-order valence-corrected chi connectivity index (χ2v) is 6.66. The number of alkyl carbamates (subject to hydrolysis) is 1. The number of hydrogen-bond acceptors (Lipinski definition) is 5. The van der Waals surface area contributed by atoms with Gasteiger partial charge in [-0.15, -0.1) is 0 Å². The SMILES string of the molecule is CC(C)(C)OC(=O)NC[C@]1(c2ccnn2CC(F)(F)F)NC(=O)NC1=O. The number of amides is 4. The predicted octanol–water partition coefficient (Wildman–Crippen LogP) is 1.00. The molecular weight excluding hydrogens is 359 g/mol. The lowest BCUT2D eigenvalue weighted by molar-refractivity contribution is -0.144. The average molecular weight is 377 g/mol. The maximum Gasteiger partial charge on any atom is 0.408 e. The van der Waals surface area contributed by atoms with Crippen LogP contribution in [0, 0.1) is 0 Å². The summed E-state index contributed by atoms with van der Waals surface area (Å²) in [5.41, 5.74) is -3.00. The lowest BCUT2D eigenvalue weighted by Crippen LogP contribution is -2.54. The van der Waals surface area contributed by atoms with Crippen LogP contribution in [-0.2, 0) is 21.6 Å². The van der Waals surface area contributed by atoms with Crippen LogP contribution in [0.15, 0.2) is 12.3 Å². The second kappa shape index (κ2) is 6.50. The minimum atomic E-state index is -4.60. The Morgan fingerprint density at radius 2 is 2.00 bits per heavy atom. The molecule has 2 rings (SSSR count). The number of hydrogen-bond donors (Lipinski definition) is 3. The standard InChI is InChI=1S/C14H18F3N5O4/c1-12(2,3)26-11(25)18-6-13(9(23)20-10(24)21-13)8-4-5-19-22(8)7-14(15,16)17/h4-5H,6-7H2,1-3H3,(H,18,25)(H2,20,21,23,24)/t13-/m1/s1. The Labute approximate surface area is 146 Å². The number of carbonyl (C=O) groups is 3.